The van der Waals surface area contributed by atoms with Gasteiger partial charge < -0.3 is 11.1 Å². The fourth-order valence-corrected chi connectivity index (χ4v) is 2.56. The Morgan fingerprint density at radius 3 is 2.60 bits per heavy atom. The molecule has 6 nitrogen and oxygen atoms in total. The average molecular weight is 298 g/mol. The van der Waals surface area contributed by atoms with E-state index in [2.05, 4.69) is 5.32 Å². The molecule has 1 saturated carbocycles. The van der Waals surface area contributed by atoms with Gasteiger partial charge in [-0.15, -0.1) is 0 Å². The molecule has 2 rings (SSSR count). The molecule has 0 saturated heterocycles. The summed E-state index contributed by atoms with van der Waals surface area (Å²) >= 11 is 5.82. The summed E-state index contributed by atoms with van der Waals surface area (Å²) in [6, 6.07) is 4.26. The zero-order valence-electron chi connectivity index (χ0n) is 10.8. The van der Waals surface area contributed by atoms with Crippen LogP contribution in [0.2, 0.25) is 5.02 Å². The Morgan fingerprint density at radius 1 is 1.35 bits per heavy atom. The molecule has 0 radical (unpaired) electrons. The third kappa shape index (κ3) is 3.46. The molecule has 1 aromatic carbocycles. The van der Waals surface area contributed by atoms with E-state index in [4.69, 9.17) is 17.3 Å². The van der Waals surface area contributed by atoms with Gasteiger partial charge >= 0.3 is 0 Å². The van der Waals surface area contributed by atoms with E-state index in [0.717, 1.165) is 12.8 Å². The highest BCUT2D eigenvalue weighted by atomic mass is 35.5. The highest BCUT2D eigenvalue weighted by molar-refractivity contribution is 6.31. The number of carbonyl (C=O) groups excluding carboxylic acids is 1. The lowest BCUT2D eigenvalue weighted by molar-refractivity contribution is -0.383. The number of rotatable bonds is 3. The van der Waals surface area contributed by atoms with Gasteiger partial charge in [0.25, 0.3) is 5.69 Å². The van der Waals surface area contributed by atoms with Crippen LogP contribution in [-0.2, 0) is 4.79 Å². The lowest BCUT2D eigenvalue weighted by atomic mass is 9.86. The van der Waals surface area contributed by atoms with Crippen LogP contribution in [0.5, 0.6) is 0 Å². The van der Waals surface area contributed by atoms with E-state index in [1.807, 2.05) is 0 Å². The van der Waals surface area contributed by atoms with Gasteiger partial charge in [-0.25, -0.2) is 0 Å². The van der Waals surface area contributed by atoms with Crippen LogP contribution in [0.1, 0.15) is 25.7 Å². The van der Waals surface area contributed by atoms with E-state index in [0.29, 0.717) is 17.9 Å². The van der Waals surface area contributed by atoms with Gasteiger partial charge in [-0.1, -0.05) is 11.6 Å². The number of halogens is 1. The van der Waals surface area contributed by atoms with E-state index >= 15 is 0 Å². The summed E-state index contributed by atoms with van der Waals surface area (Å²) in [6.45, 7) is 0. The number of hydrogen-bond acceptors (Lipinski definition) is 4. The predicted molar refractivity (Wildman–Crippen MR) is 76.7 cm³/mol. The quantitative estimate of drug-likeness (QED) is 0.662. The monoisotopic (exact) mass is 297 g/mol. The number of nitrogens with one attached hydrogen (secondary N) is 1. The van der Waals surface area contributed by atoms with Crippen LogP contribution in [-0.4, -0.2) is 16.9 Å². The fourth-order valence-electron chi connectivity index (χ4n) is 2.38. The molecule has 1 aliphatic carbocycles. The largest absolute Gasteiger partial charge is 0.328 e. The van der Waals surface area contributed by atoms with Crippen LogP contribution in [0.3, 0.4) is 0 Å². The maximum Gasteiger partial charge on any atom is 0.292 e. The zero-order valence-corrected chi connectivity index (χ0v) is 11.6. The van der Waals surface area contributed by atoms with Crippen molar-refractivity contribution in [2.45, 2.75) is 31.7 Å². The average Bonchev–Trinajstić information content (AvgIpc) is 2.39. The Bertz CT molecular complexity index is 528. The van der Waals surface area contributed by atoms with Gasteiger partial charge in [-0.3, -0.25) is 14.9 Å². The van der Waals surface area contributed by atoms with Crippen LogP contribution in [0.15, 0.2) is 18.2 Å². The molecular weight excluding hydrogens is 282 g/mol. The molecule has 0 aliphatic heterocycles. The molecule has 0 bridgehead atoms. The van der Waals surface area contributed by atoms with Gasteiger partial charge in [-0.05, 0) is 37.8 Å². The molecule has 20 heavy (non-hydrogen) atoms. The van der Waals surface area contributed by atoms with E-state index in [9.17, 15) is 14.9 Å². The Balaban J connectivity index is 2.11. The molecule has 0 spiro atoms. The van der Waals surface area contributed by atoms with E-state index in [1.54, 1.807) is 0 Å². The normalized spacial score (nSPS) is 22.3. The van der Waals surface area contributed by atoms with Crippen molar-refractivity contribution < 1.29 is 9.72 Å². The number of nitrogens with two attached hydrogens (primary N) is 1. The smallest absolute Gasteiger partial charge is 0.292 e. The molecule has 0 unspecified atom stereocenters. The number of hydrogen-bond donors (Lipinski definition) is 2. The number of anilines is 1. The third-order valence-electron chi connectivity index (χ3n) is 3.56. The number of benzene rings is 1. The summed E-state index contributed by atoms with van der Waals surface area (Å²) < 4.78 is 0. The molecule has 0 atom stereocenters. The fraction of sp³-hybridized carbons (Fsp3) is 0.462. The first kappa shape index (κ1) is 14.7. The van der Waals surface area contributed by atoms with Crippen molar-refractivity contribution in [2.75, 3.05) is 5.32 Å². The van der Waals surface area contributed by atoms with Crippen molar-refractivity contribution in [3.05, 3.63) is 33.3 Å². The van der Waals surface area contributed by atoms with Gasteiger partial charge in [0.1, 0.15) is 5.69 Å². The van der Waals surface area contributed by atoms with Gasteiger partial charge in [0.05, 0.1) is 4.92 Å². The number of nitrogens with zero attached hydrogens (tertiary/aromatic N) is 1. The SMILES string of the molecule is NC1CCC(C(=O)Nc2cc(Cl)ccc2[N+](=O)[O-])CC1. The molecule has 0 aromatic heterocycles. The van der Waals surface area contributed by atoms with Crippen molar-refractivity contribution in [1.82, 2.24) is 0 Å². The van der Waals surface area contributed by atoms with Crippen molar-refractivity contribution in [3.8, 4) is 0 Å². The number of carbonyl (C=O) groups is 1. The predicted octanol–water partition coefficient (Wildman–Crippen LogP) is 2.70. The van der Waals surface area contributed by atoms with Crippen molar-refractivity contribution in [2.24, 2.45) is 11.7 Å². The second-order valence-electron chi connectivity index (χ2n) is 5.02. The summed E-state index contributed by atoms with van der Waals surface area (Å²) in [6.07, 6.45) is 3.02. The molecule has 0 heterocycles. The third-order valence-corrected chi connectivity index (χ3v) is 3.79. The molecule has 1 fully saturated rings. The Hall–Kier alpha value is -1.66. The lowest BCUT2D eigenvalue weighted by Crippen LogP contribution is -2.32. The number of amides is 1. The van der Waals surface area contributed by atoms with Crippen LogP contribution >= 0.6 is 11.6 Å². The van der Waals surface area contributed by atoms with Crippen LogP contribution in [0, 0.1) is 16.0 Å². The minimum Gasteiger partial charge on any atom is -0.328 e. The topological polar surface area (TPSA) is 98.3 Å². The highest BCUT2D eigenvalue weighted by Gasteiger charge is 2.26. The molecular formula is C13H16ClN3O3. The second-order valence-corrected chi connectivity index (χ2v) is 5.46. The van der Waals surface area contributed by atoms with Gasteiger partial charge in [0.15, 0.2) is 0 Å². The molecule has 3 N–H and O–H groups in total. The first-order valence-corrected chi connectivity index (χ1v) is 6.85. The van der Waals surface area contributed by atoms with Gasteiger partial charge in [-0.2, -0.15) is 0 Å². The highest BCUT2D eigenvalue weighted by Crippen LogP contribution is 2.30. The maximum absolute atomic E-state index is 12.1. The number of nitro groups is 1. The first-order chi connectivity index (χ1) is 9.47. The van der Waals surface area contributed by atoms with Crippen molar-refractivity contribution in [1.29, 1.82) is 0 Å². The maximum atomic E-state index is 12.1. The summed E-state index contributed by atoms with van der Waals surface area (Å²) in [5.74, 6) is -0.351. The zero-order chi connectivity index (χ0) is 14.7. The summed E-state index contributed by atoms with van der Waals surface area (Å²) in [7, 11) is 0. The summed E-state index contributed by atoms with van der Waals surface area (Å²) in [5, 5.41) is 13.9. The molecule has 1 aliphatic rings. The van der Waals surface area contributed by atoms with E-state index < -0.39 is 4.92 Å². The standard InChI is InChI=1S/C13H16ClN3O3/c14-9-3-6-12(17(19)20)11(7-9)16-13(18)8-1-4-10(15)5-2-8/h3,6-8,10H,1-2,4-5,15H2,(H,16,18). The van der Waals surface area contributed by atoms with E-state index in [1.165, 1.54) is 18.2 Å². The summed E-state index contributed by atoms with van der Waals surface area (Å²) in [5.41, 5.74) is 5.78. The number of nitro benzene ring substituents is 1. The molecule has 108 valence electrons. The second kappa shape index (κ2) is 6.19. The molecule has 1 aromatic rings. The van der Waals surface area contributed by atoms with Crippen molar-refractivity contribution >= 4 is 28.9 Å². The Kier molecular flexibility index (Phi) is 4.57. The van der Waals surface area contributed by atoms with Crippen LogP contribution < -0.4 is 11.1 Å². The Labute approximate surface area is 121 Å². The van der Waals surface area contributed by atoms with Crippen molar-refractivity contribution in [3.63, 3.8) is 0 Å². The summed E-state index contributed by atoms with van der Waals surface area (Å²) in [4.78, 5) is 22.5. The van der Waals surface area contributed by atoms with Gasteiger partial charge in [0, 0.05) is 23.0 Å². The van der Waals surface area contributed by atoms with Crippen LogP contribution in [0.4, 0.5) is 11.4 Å². The Morgan fingerprint density at radius 2 is 2.00 bits per heavy atom. The lowest BCUT2D eigenvalue weighted by Gasteiger charge is -2.25. The minimum absolute atomic E-state index is 0.141. The van der Waals surface area contributed by atoms with Gasteiger partial charge in [0.2, 0.25) is 5.91 Å². The first-order valence-electron chi connectivity index (χ1n) is 6.47. The molecule has 7 heteroatoms. The minimum atomic E-state index is -0.539. The molecule has 1 amide bonds. The van der Waals surface area contributed by atoms with Crippen LogP contribution in [0.25, 0.3) is 0 Å². The van der Waals surface area contributed by atoms with E-state index in [-0.39, 0.29) is 29.2 Å².